The van der Waals surface area contributed by atoms with Crippen LogP contribution in [-0.2, 0) is 0 Å². The van der Waals surface area contributed by atoms with Crippen molar-refractivity contribution in [2.24, 2.45) is 5.92 Å². The molecule has 0 aromatic heterocycles. The lowest BCUT2D eigenvalue weighted by atomic mass is 10.0. The van der Waals surface area contributed by atoms with E-state index in [2.05, 4.69) is 17.1 Å². The zero-order chi connectivity index (χ0) is 6.10. The summed E-state index contributed by atoms with van der Waals surface area (Å²) in [5, 5.41) is 4.41. The summed E-state index contributed by atoms with van der Waals surface area (Å²) in [6.45, 7) is 2.56. The Bertz CT molecular complexity index is 93.1. The molecule has 2 rings (SSSR count). The van der Waals surface area contributed by atoms with Gasteiger partial charge in [0.25, 0.3) is 0 Å². The van der Waals surface area contributed by atoms with Crippen LogP contribution in [0.3, 0.4) is 0 Å². The van der Waals surface area contributed by atoms with Gasteiger partial charge in [-0.2, -0.15) is 11.8 Å². The van der Waals surface area contributed by atoms with E-state index >= 15 is 0 Å². The minimum absolute atomic E-state index is 0.971. The SMILES string of the molecule is C1CSC2CNCC2C1. The van der Waals surface area contributed by atoms with Gasteiger partial charge in [0.2, 0.25) is 0 Å². The van der Waals surface area contributed by atoms with Crippen LogP contribution in [-0.4, -0.2) is 24.1 Å². The number of fused-ring (bicyclic) bond motifs is 1. The van der Waals surface area contributed by atoms with Crippen molar-refractivity contribution in [3.63, 3.8) is 0 Å². The average Bonchev–Trinajstić information content (AvgIpc) is 2.33. The molecule has 1 N–H and O–H groups in total. The van der Waals surface area contributed by atoms with Crippen LogP contribution in [0.25, 0.3) is 0 Å². The molecule has 0 radical (unpaired) electrons. The maximum absolute atomic E-state index is 3.44. The Morgan fingerprint density at radius 3 is 3.22 bits per heavy atom. The Kier molecular flexibility index (Phi) is 1.68. The molecule has 0 amide bonds. The third-order valence-corrected chi connectivity index (χ3v) is 3.83. The molecule has 2 heterocycles. The molecule has 2 saturated heterocycles. The lowest BCUT2D eigenvalue weighted by molar-refractivity contribution is 0.522. The minimum Gasteiger partial charge on any atom is -0.315 e. The van der Waals surface area contributed by atoms with Crippen LogP contribution in [0.5, 0.6) is 0 Å². The predicted octanol–water partition coefficient (Wildman–Crippen LogP) is 1.10. The summed E-state index contributed by atoms with van der Waals surface area (Å²) in [6, 6.07) is 0. The summed E-state index contributed by atoms with van der Waals surface area (Å²) in [6.07, 6.45) is 2.93. The summed E-state index contributed by atoms with van der Waals surface area (Å²) in [5.74, 6) is 2.42. The molecule has 0 aromatic carbocycles. The number of rotatable bonds is 0. The largest absolute Gasteiger partial charge is 0.315 e. The molecule has 0 saturated carbocycles. The fraction of sp³-hybridized carbons (Fsp3) is 1.00. The van der Waals surface area contributed by atoms with Gasteiger partial charge in [-0.15, -0.1) is 0 Å². The molecule has 0 aliphatic carbocycles. The highest BCUT2D eigenvalue weighted by Crippen LogP contribution is 2.32. The highest BCUT2D eigenvalue weighted by Gasteiger charge is 2.29. The lowest BCUT2D eigenvalue weighted by Crippen LogP contribution is -2.19. The third-order valence-electron chi connectivity index (χ3n) is 2.33. The van der Waals surface area contributed by atoms with E-state index in [1.54, 1.807) is 0 Å². The standard InChI is InChI=1S/C7H13NS/c1-2-6-4-8-5-7(6)9-3-1/h6-8H,1-5H2. The van der Waals surface area contributed by atoms with Gasteiger partial charge >= 0.3 is 0 Å². The van der Waals surface area contributed by atoms with E-state index in [-0.39, 0.29) is 0 Å². The van der Waals surface area contributed by atoms with E-state index in [1.807, 2.05) is 0 Å². The number of nitrogens with one attached hydrogen (secondary N) is 1. The normalized spacial score (nSPS) is 42.7. The van der Waals surface area contributed by atoms with Crippen LogP contribution in [0.4, 0.5) is 0 Å². The Labute approximate surface area is 60.6 Å². The van der Waals surface area contributed by atoms with Crippen molar-refractivity contribution in [1.29, 1.82) is 0 Å². The first-order chi connectivity index (χ1) is 4.47. The second kappa shape index (κ2) is 2.51. The molecule has 0 aromatic rings. The highest BCUT2D eigenvalue weighted by atomic mass is 32.2. The molecule has 2 aliphatic heterocycles. The maximum Gasteiger partial charge on any atom is 0.0212 e. The maximum atomic E-state index is 3.44. The summed E-state index contributed by atoms with van der Waals surface area (Å²) in [7, 11) is 0. The minimum atomic E-state index is 0.971. The molecule has 2 heteroatoms. The molecule has 2 atom stereocenters. The van der Waals surface area contributed by atoms with E-state index in [0.717, 1.165) is 11.2 Å². The van der Waals surface area contributed by atoms with Gasteiger partial charge in [-0.25, -0.2) is 0 Å². The Balaban J connectivity index is 1.97. The molecule has 2 aliphatic rings. The highest BCUT2D eigenvalue weighted by molar-refractivity contribution is 8.00. The van der Waals surface area contributed by atoms with Crippen molar-refractivity contribution in [1.82, 2.24) is 5.32 Å². The first-order valence-corrected chi connectivity index (χ1v) is 4.84. The summed E-state index contributed by atoms with van der Waals surface area (Å²) < 4.78 is 0. The van der Waals surface area contributed by atoms with Crippen LogP contribution in [0.15, 0.2) is 0 Å². The second-order valence-corrected chi connectivity index (χ2v) is 4.32. The molecule has 1 nitrogen and oxygen atoms in total. The first-order valence-electron chi connectivity index (χ1n) is 3.79. The Hall–Kier alpha value is 0.310. The van der Waals surface area contributed by atoms with Gasteiger partial charge in [0.05, 0.1) is 0 Å². The summed E-state index contributed by atoms with van der Waals surface area (Å²) in [4.78, 5) is 0. The Morgan fingerprint density at radius 2 is 2.33 bits per heavy atom. The van der Waals surface area contributed by atoms with E-state index in [4.69, 9.17) is 0 Å². The number of hydrogen-bond acceptors (Lipinski definition) is 2. The zero-order valence-electron chi connectivity index (χ0n) is 5.60. The van der Waals surface area contributed by atoms with Crippen LogP contribution in [0, 0.1) is 5.92 Å². The van der Waals surface area contributed by atoms with Gasteiger partial charge in [0.15, 0.2) is 0 Å². The van der Waals surface area contributed by atoms with Crippen LogP contribution in [0.2, 0.25) is 0 Å². The van der Waals surface area contributed by atoms with E-state index < -0.39 is 0 Å². The Morgan fingerprint density at radius 1 is 1.33 bits per heavy atom. The van der Waals surface area contributed by atoms with Gasteiger partial charge < -0.3 is 5.32 Å². The van der Waals surface area contributed by atoms with Crippen molar-refractivity contribution in [3.05, 3.63) is 0 Å². The van der Waals surface area contributed by atoms with Gasteiger partial charge in [-0.05, 0) is 31.1 Å². The smallest absolute Gasteiger partial charge is 0.0212 e. The van der Waals surface area contributed by atoms with Gasteiger partial charge in [-0.3, -0.25) is 0 Å². The molecule has 2 unspecified atom stereocenters. The first kappa shape index (κ1) is 6.05. The molecule has 9 heavy (non-hydrogen) atoms. The fourth-order valence-electron chi connectivity index (χ4n) is 1.77. The van der Waals surface area contributed by atoms with Crippen molar-refractivity contribution in [2.45, 2.75) is 18.1 Å². The van der Waals surface area contributed by atoms with Crippen LogP contribution in [0.1, 0.15) is 12.8 Å². The summed E-state index contributed by atoms with van der Waals surface area (Å²) >= 11 is 2.17. The van der Waals surface area contributed by atoms with Crippen molar-refractivity contribution < 1.29 is 0 Å². The van der Waals surface area contributed by atoms with Crippen molar-refractivity contribution >= 4 is 11.8 Å². The van der Waals surface area contributed by atoms with Gasteiger partial charge in [0, 0.05) is 11.8 Å². The number of thioether (sulfide) groups is 1. The molecular weight excluding hydrogens is 130 g/mol. The van der Waals surface area contributed by atoms with Crippen LogP contribution < -0.4 is 5.32 Å². The van der Waals surface area contributed by atoms with E-state index in [9.17, 15) is 0 Å². The zero-order valence-corrected chi connectivity index (χ0v) is 6.41. The van der Waals surface area contributed by atoms with Crippen molar-refractivity contribution in [3.8, 4) is 0 Å². The van der Waals surface area contributed by atoms with E-state index in [0.29, 0.717) is 0 Å². The fourth-order valence-corrected chi connectivity index (χ4v) is 3.15. The predicted molar refractivity (Wildman–Crippen MR) is 41.8 cm³/mol. The summed E-state index contributed by atoms with van der Waals surface area (Å²) in [5.41, 5.74) is 0. The number of hydrogen-bond donors (Lipinski definition) is 1. The average molecular weight is 143 g/mol. The molecule has 0 bridgehead atoms. The monoisotopic (exact) mass is 143 g/mol. The molecule has 0 spiro atoms. The van der Waals surface area contributed by atoms with Gasteiger partial charge in [0.1, 0.15) is 0 Å². The molecule has 52 valence electrons. The van der Waals surface area contributed by atoms with E-state index in [1.165, 1.54) is 31.7 Å². The third kappa shape index (κ3) is 1.10. The topological polar surface area (TPSA) is 12.0 Å². The lowest BCUT2D eigenvalue weighted by Gasteiger charge is -2.22. The second-order valence-electron chi connectivity index (χ2n) is 2.97. The molecule has 2 fully saturated rings. The van der Waals surface area contributed by atoms with Gasteiger partial charge in [-0.1, -0.05) is 0 Å². The molecular formula is C7H13NS. The van der Waals surface area contributed by atoms with Crippen molar-refractivity contribution in [2.75, 3.05) is 18.8 Å². The quantitative estimate of drug-likeness (QED) is 0.545. The van der Waals surface area contributed by atoms with Crippen LogP contribution >= 0.6 is 11.8 Å².